The number of hydrogen-bond acceptors (Lipinski definition) is 4. The van der Waals surface area contributed by atoms with Crippen LogP contribution in [-0.2, 0) is 4.79 Å². The summed E-state index contributed by atoms with van der Waals surface area (Å²) in [5.74, 6) is -4.13. The summed E-state index contributed by atoms with van der Waals surface area (Å²) in [6.07, 6.45) is 1.04. The van der Waals surface area contributed by atoms with Gasteiger partial charge in [0.15, 0.2) is 5.11 Å². The van der Waals surface area contributed by atoms with Crippen molar-refractivity contribution in [3.05, 3.63) is 58.8 Å². The highest BCUT2D eigenvalue weighted by atomic mass is 32.1. The van der Waals surface area contributed by atoms with E-state index in [0.717, 1.165) is 18.3 Å². The van der Waals surface area contributed by atoms with Crippen LogP contribution in [0.25, 0.3) is 4.85 Å². The number of pyridine rings is 1. The topological polar surface area (TPSA) is 69.9 Å². The molecule has 0 bridgehead atoms. The quantitative estimate of drug-likeness (QED) is 0.609. The summed E-state index contributed by atoms with van der Waals surface area (Å²) >= 11 is 5.36. The van der Waals surface area contributed by atoms with E-state index in [4.69, 9.17) is 31.1 Å². The maximum atomic E-state index is 15.0. The van der Waals surface area contributed by atoms with Gasteiger partial charge < -0.3 is 15.1 Å². The van der Waals surface area contributed by atoms with Crippen molar-refractivity contribution in [2.45, 2.75) is 26.2 Å². The largest absolute Gasteiger partial charge is 0.360 e. The molecular formula is C20H18FN5O2S. The molecular weight excluding hydrogens is 393 g/mol. The zero-order chi connectivity index (χ0) is 29.0. The lowest BCUT2D eigenvalue weighted by Crippen LogP contribution is -2.44. The number of rotatable bonds is 3. The van der Waals surface area contributed by atoms with E-state index in [1.54, 1.807) is 5.32 Å². The standard InChI is InChI=1S/C20H18FN5O2S/c1-11-8-13(10-24-16(11)22-4)25-18(28)20(2,3)26(19(25)29)12-6-7-14(15(21)9-12)17(27)23-5/h6-10H,1-3,5H3,(H,23,27)/i2D3,3D3,5D3. The average Bonchev–Trinajstić information content (AvgIpc) is 2.99. The van der Waals surface area contributed by atoms with Crippen LogP contribution in [0.15, 0.2) is 30.5 Å². The molecule has 0 aliphatic carbocycles. The number of carbonyl (C=O) groups excluding carboxylic acids is 2. The Labute approximate surface area is 185 Å². The zero-order valence-corrected chi connectivity index (χ0v) is 15.6. The highest BCUT2D eigenvalue weighted by molar-refractivity contribution is 7.81. The molecule has 0 spiro atoms. The number of amides is 2. The second kappa shape index (κ2) is 7.22. The highest BCUT2D eigenvalue weighted by Gasteiger charge is 2.50. The van der Waals surface area contributed by atoms with Gasteiger partial charge in [-0.2, -0.15) is 0 Å². The maximum absolute atomic E-state index is 15.0. The number of hydrogen-bond donors (Lipinski definition) is 1. The van der Waals surface area contributed by atoms with E-state index in [-0.39, 0.29) is 17.1 Å². The molecule has 0 unspecified atom stereocenters. The highest BCUT2D eigenvalue weighted by Crippen LogP contribution is 2.37. The van der Waals surface area contributed by atoms with Gasteiger partial charge in [-0.3, -0.25) is 14.5 Å². The van der Waals surface area contributed by atoms with Crippen LogP contribution in [0.3, 0.4) is 0 Å². The van der Waals surface area contributed by atoms with Crippen molar-refractivity contribution in [2.75, 3.05) is 16.8 Å². The molecule has 2 aromatic rings. The first-order chi connectivity index (χ1) is 17.3. The lowest BCUT2D eigenvalue weighted by molar-refractivity contribution is -0.120. The zero-order valence-electron chi connectivity index (χ0n) is 23.8. The Bertz CT molecular complexity index is 1370. The van der Waals surface area contributed by atoms with E-state index < -0.39 is 60.2 Å². The number of nitrogens with zero attached hydrogens (tertiary/aromatic N) is 4. The van der Waals surface area contributed by atoms with Gasteiger partial charge in [-0.15, -0.1) is 4.98 Å². The molecule has 7 nitrogen and oxygen atoms in total. The van der Waals surface area contributed by atoms with Crippen LogP contribution in [0, 0.1) is 19.3 Å². The Hall–Kier alpha value is -3.38. The first-order valence-electron chi connectivity index (χ1n) is 12.4. The molecule has 9 heteroatoms. The molecule has 0 radical (unpaired) electrons. The molecule has 0 atom stereocenters. The minimum Gasteiger partial charge on any atom is -0.360 e. The lowest BCUT2D eigenvalue weighted by Gasteiger charge is -2.29. The average molecular weight is 421 g/mol. The van der Waals surface area contributed by atoms with E-state index in [2.05, 4.69) is 9.83 Å². The summed E-state index contributed by atoms with van der Waals surface area (Å²) < 4.78 is 85.0. The Morgan fingerprint density at radius 2 is 2.14 bits per heavy atom. The number of halogens is 1. The molecule has 1 aliphatic rings. The number of aryl methyl sites for hydroxylation is 1. The summed E-state index contributed by atoms with van der Waals surface area (Å²) in [5.41, 5.74) is -4.39. The van der Waals surface area contributed by atoms with Crippen molar-refractivity contribution in [2.24, 2.45) is 0 Å². The molecule has 29 heavy (non-hydrogen) atoms. The smallest absolute Gasteiger partial charge is 0.272 e. The molecule has 3 rings (SSSR count). The molecule has 1 aliphatic heterocycles. The minimum absolute atomic E-state index is 0.0194. The molecule has 1 fully saturated rings. The number of anilines is 2. The Kier molecular flexibility index (Phi) is 2.88. The van der Waals surface area contributed by atoms with Crippen molar-refractivity contribution in [1.82, 2.24) is 10.3 Å². The number of aromatic nitrogens is 1. The van der Waals surface area contributed by atoms with Gasteiger partial charge in [0.2, 0.25) is 0 Å². The van der Waals surface area contributed by atoms with Gasteiger partial charge >= 0.3 is 0 Å². The van der Waals surface area contributed by atoms with Crippen LogP contribution in [0.1, 0.15) is 42.0 Å². The predicted octanol–water partition coefficient (Wildman–Crippen LogP) is 3.36. The van der Waals surface area contributed by atoms with Crippen LogP contribution in [0.4, 0.5) is 21.6 Å². The van der Waals surface area contributed by atoms with Gasteiger partial charge in [0.25, 0.3) is 17.6 Å². The van der Waals surface area contributed by atoms with E-state index in [1.807, 2.05) is 0 Å². The monoisotopic (exact) mass is 420 g/mol. The normalized spacial score (nSPS) is 21.3. The minimum atomic E-state index is -3.55. The van der Waals surface area contributed by atoms with Gasteiger partial charge in [-0.1, -0.05) is 6.57 Å². The number of benzene rings is 1. The van der Waals surface area contributed by atoms with Crippen LogP contribution in [0.2, 0.25) is 0 Å². The van der Waals surface area contributed by atoms with Crippen molar-refractivity contribution in [1.29, 1.82) is 0 Å². The molecule has 1 saturated heterocycles. The fourth-order valence-electron chi connectivity index (χ4n) is 2.81. The third kappa shape index (κ3) is 3.21. The SMILES string of the molecule is [2H]C([2H])([2H])NC(=O)c1ccc(N2C(=S)N(c3cnc([N+]#[C-])c(C)c3)C(=O)C2(C([2H])([2H])[2H])C([2H])([2H])[2H])cc1F. The second-order valence-corrected chi connectivity index (χ2v) is 6.40. The van der Waals surface area contributed by atoms with Gasteiger partial charge in [0, 0.05) is 25.0 Å². The molecule has 2 heterocycles. The summed E-state index contributed by atoms with van der Waals surface area (Å²) in [7, 11) is 0. The third-order valence-electron chi connectivity index (χ3n) is 4.20. The molecule has 1 aromatic heterocycles. The third-order valence-corrected chi connectivity index (χ3v) is 4.57. The van der Waals surface area contributed by atoms with Crippen molar-refractivity contribution < 1.29 is 26.3 Å². The van der Waals surface area contributed by atoms with Gasteiger partial charge in [-0.25, -0.2) is 4.39 Å². The molecule has 148 valence electrons. The van der Waals surface area contributed by atoms with E-state index >= 15 is 4.39 Å². The van der Waals surface area contributed by atoms with Gasteiger partial charge in [-0.05, 0) is 62.7 Å². The van der Waals surface area contributed by atoms with Crippen LogP contribution >= 0.6 is 12.2 Å². The fourth-order valence-corrected chi connectivity index (χ4v) is 3.24. The van der Waals surface area contributed by atoms with E-state index in [9.17, 15) is 9.59 Å². The number of nitrogens with one attached hydrogen (secondary N) is 1. The van der Waals surface area contributed by atoms with E-state index in [0.29, 0.717) is 15.9 Å². The maximum Gasteiger partial charge on any atom is 0.272 e. The molecule has 2 amide bonds. The van der Waals surface area contributed by atoms with Crippen LogP contribution in [0.5, 0.6) is 0 Å². The van der Waals surface area contributed by atoms with E-state index in [1.165, 1.54) is 13.0 Å². The number of carbonyl (C=O) groups is 2. The Morgan fingerprint density at radius 1 is 1.38 bits per heavy atom. The van der Waals surface area contributed by atoms with Crippen LogP contribution < -0.4 is 15.1 Å². The Morgan fingerprint density at radius 3 is 2.72 bits per heavy atom. The second-order valence-electron chi connectivity index (χ2n) is 6.03. The van der Waals surface area contributed by atoms with Crippen LogP contribution in [-0.4, -0.2) is 34.4 Å². The van der Waals surface area contributed by atoms with Crippen molar-refractivity contribution in [3.63, 3.8) is 0 Å². The van der Waals surface area contributed by atoms with Gasteiger partial charge in [0.05, 0.1) is 11.3 Å². The molecule has 1 aromatic carbocycles. The predicted molar refractivity (Wildman–Crippen MR) is 112 cm³/mol. The Balaban J connectivity index is 2.27. The summed E-state index contributed by atoms with van der Waals surface area (Å²) in [6, 6.07) is 3.62. The molecule has 0 saturated carbocycles. The summed E-state index contributed by atoms with van der Waals surface area (Å²) in [5, 5.41) is 0.960. The summed E-state index contributed by atoms with van der Waals surface area (Å²) in [4.78, 5) is 34.2. The fraction of sp³-hybridized carbons (Fsp3) is 0.250. The van der Waals surface area contributed by atoms with Gasteiger partial charge in [0.1, 0.15) is 17.6 Å². The first-order valence-corrected chi connectivity index (χ1v) is 8.33. The first kappa shape index (κ1) is 11.6. The van der Waals surface area contributed by atoms with Crippen molar-refractivity contribution in [3.8, 4) is 0 Å². The van der Waals surface area contributed by atoms with Crippen molar-refractivity contribution >= 4 is 46.3 Å². The summed E-state index contributed by atoms with van der Waals surface area (Å²) in [6.45, 7) is -1.42. The molecule has 1 N–H and O–H groups in total. The number of thiocarbonyl (C=S) groups is 1. The lowest BCUT2D eigenvalue weighted by atomic mass is 10.0.